The minimum atomic E-state index is -3.60. The summed E-state index contributed by atoms with van der Waals surface area (Å²) in [4.78, 5) is 12.4. The molecule has 1 fully saturated rings. The van der Waals surface area contributed by atoms with E-state index in [0.29, 0.717) is 18.7 Å². The lowest BCUT2D eigenvalue weighted by Gasteiger charge is -2.34. The molecule has 0 spiro atoms. The molecule has 0 saturated carbocycles. The molecule has 1 aromatic carbocycles. The van der Waals surface area contributed by atoms with Crippen molar-refractivity contribution in [3.63, 3.8) is 0 Å². The van der Waals surface area contributed by atoms with Crippen molar-refractivity contribution in [2.24, 2.45) is 0 Å². The zero-order valence-electron chi connectivity index (χ0n) is 13.8. The van der Waals surface area contributed by atoms with Crippen molar-refractivity contribution in [1.29, 1.82) is 0 Å². The summed E-state index contributed by atoms with van der Waals surface area (Å²) >= 11 is 6.89. The Kier molecular flexibility index (Phi) is 5.96. The third-order valence-electron chi connectivity index (χ3n) is 4.26. The Morgan fingerprint density at radius 1 is 1.35 bits per heavy atom. The van der Waals surface area contributed by atoms with Crippen molar-refractivity contribution in [1.82, 2.24) is 4.31 Å². The minimum absolute atomic E-state index is 0.0413. The van der Waals surface area contributed by atoms with Gasteiger partial charge in [-0.15, -0.1) is 11.3 Å². The largest absolute Gasteiger partial charge is 0.326 e. The Hall–Kier alpha value is -1.48. The first kappa shape index (κ1) is 19.3. The van der Waals surface area contributed by atoms with Crippen LogP contribution in [0, 0.1) is 5.82 Å². The molecule has 26 heavy (non-hydrogen) atoms. The van der Waals surface area contributed by atoms with E-state index in [1.807, 2.05) is 0 Å². The molecule has 0 radical (unpaired) electrons. The third kappa shape index (κ3) is 4.25. The van der Waals surface area contributed by atoms with Crippen LogP contribution >= 0.6 is 22.9 Å². The fourth-order valence-electron chi connectivity index (χ4n) is 3.02. The molecule has 1 atom stereocenters. The van der Waals surface area contributed by atoms with Crippen molar-refractivity contribution in [2.45, 2.75) is 35.9 Å². The second-order valence-electron chi connectivity index (χ2n) is 6.08. The molecule has 0 aliphatic carbocycles. The molecule has 1 aliphatic heterocycles. The zero-order valence-corrected chi connectivity index (χ0v) is 16.2. The number of rotatable bonds is 5. The number of piperidine rings is 1. The quantitative estimate of drug-likeness (QED) is 0.797. The summed E-state index contributed by atoms with van der Waals surface area (Å²) in [5, 5.41) is 4.29. The number of benzene rings is 1. The summed E-state index contributed by atoms with van der Waals surface area (Å²) in [6.07, 6.45) is 2.31. The van der Waals surface area contributed by atoms with Gasteiger partial charge in [-0.05, 0) is 42.5 Å². The minimum Gasteiger partial charge on any atom is -0.326 e. The van der Waals surface area contributed by atoms with E-state index in [0.717, 1.165) is 12.8 Å². The van der Waals surface area contributed by atoms with Crippen LogP contribution in [-0.2, 0) is 14.8 Å². The molecule has 5 nitrogen and oxygen atoms in total. The molecular weight excluding hydrogens is 399 g/mol. The first-order valence-electron chi connectivity index (χ1n) is 8.18. The molecule has 1 N–H and O–H groups in total. The number of anilines is 1. The Balaban J connectivity index is 1.72. The smallest absolute Gasteiger partial charge is 0.252 e. The monoisotopic (exact) mass is 416 g/mol. The number of carbonyl (C=O) groups is 1. The van der Waals surface area contributed by atoms with Crippen molar-refractivity contribution in [3.05, 3.63) is 46.6 Å². The van der Waals surface area contributed by atoms with Crippen molar-refractivity contribution in [2.75, 3.05) is 11.9 Å². The van der Waals surface area contributed by atoms with Gasteiger partial charge in [-0.25, -0.2) is 12.8 Å². The van der Waals surface area contributed by atoms with E-state index in [9.17, 15) is 17.6 Å². The molecule has 2 aromatic rings. The van der Waals surface area contributed by atoms with Crippen LogP contribution in [0.5, 0.6) is 0 Å². The van der Waals surface area contributed by atoms with Crippen LogP contribution in [0.2, 0.25) is 5.02 Å². The molecule has 1 aliphatic rings. The summed E-state index contributed by atoms with van der Waals surface area (Å²) in [6, 6.07) is 6.79. The number of halogens is 2. The summed E-state index contributed by atoms with van der Waals surface area (Å²) in [6.45, 7) is 0.403. The average Bonchev–Trinajstić information content (AvgIpc) is 3.14. The van der Waals surface area contributed by atoms with Gasteiger partial charge in [-0.3, -0.25) is 4.79 Å². The first-order chi connectivity index (χ1) is 12.4. The number of nitrogens with zero attached hydrogens (tertiary/aromatic N) is 1. The molecule has 0 bridgehead atoms. The molecule has 3 rings (SSSR count). The average molecular weight is 417 g/mol. The van der Waals surface area contributed by atoms with Gasteiger partial charge < -0.3 is 5.32 Å². The molecule has 2 heterocycles. The Bertz CT molecular complexity index is 887. The van der Waals surface area contributed by atoms with Gasteiger partial charge in [0.05, 0.1) is 5.02 Å². The standard InChI is InChI=1S/C17H18ClFN2O3S2/c18-14-10-12(6-7-15(14)19)20-16(22)11-13-4-1-2-8-21(13)26(23,24)17-5-3-9-25-17/h3,5-7,9-10,13H,1-2,4,8,11H2,(H,20,22). The Morgan fingerprint density at radius 2 is 2.15 bits per heavy atom. The SMILES string of the molecule is O=C(CC1CCCCN1S(=O)(=O)c1cccs1)Nc1ccc(F)c(Cl)c1. The molecule has 140 valence electrons. The topological polar surface area (TPSA) is 66.5 Å². The summed E-state index contributed by atoms with van der Waals surface area (Å²) in [5.41, 5.74) is 0.380. The predicted octanol–water partition coefficient (Wildman–Crippen LogP) is 4.11. The fourth-order valence-corrected chi connectivity index (χ4v) is 6.01. The van der Waals surface area contributed by atoms with Gasteiger partial charge in [0, 0.05) is 24.7 Å². The van der Waals surface area contributed by atoms with Crippen LogP contribution < -0.4 is 5.32 Å². The molecule has 1 saturated heterocycles. The number of nitrogens with one attached hydrogen (secondary N) is 1. The molecule has 1 aromatic heterocycles. The van der Waals surface area contributed by atoms with Gasteiger partial charge in [0.15, 0.2) is 0 Å². The first-order valence-corrected chi connectivity index (χ1v) is 10.9. The van der Waals surface area contributed by atoms with Crippen molar-refractivity contribution in [3.8, 4) is 0 Å². The van der Waals surface area contributed by atoms with Crippen LogP contribution in [0.4, 0.5) is 10.1 Å². The molecule has 1 amide bonds. The number of thiophene rings is 1. The highest BCUT2D eigenvalue weighted by molar-refractivity contribution is 7.91. The highest BCUT2D eigenvalue weighted by Gasteiger charge is 2.35. The van der Waals surface area contributed by atoms with E-state index < -0.39 is 21.9 Å². The van der Waals surface area contributed by atoms with Gasteiger partial charge in [-0.2, -0.15) is 4.31 Å². The lowest BCUT2D eigenvalue weighted by molar-refractivity contribution is -0.117. The predicted molar refractivity (Wildman–Crippen MR) is 101 cm³/mol. The van der Waals surface area contributed by atoms with Gasteiger partial charge >= 0.3 is 0 Å². The van der Waals surface area contributed by atoms with Gasteiger partial charge in [-0.1, -0.05) is 24.1 Å². The van der Waals surface area contributed by atoms with Gasteiger partial charge in [0.1, 0.15) is 10.0 Å². The normalized spacial score (nSPS) is 18.6. The van der Waals surface area contributed by atoms with Crippen LogP contribution in [-0.4, -0.2) is 31.2 Å². The highest BCUT2D eigenvalue weighted by atomic mass is 35.5. The van der Waals surface area contributed by atoms with E-state index in [2.05, 4.69) is 5.32 Å². The highest BCUT2D eigenvalue weighted by Crippen LogP contribution is 2.29. The third-order valence-corrected chi connectivity index (χ3v) is 7.87. The second kappa shape index (κ2) is 8.04. The maximum atomic E-state index is 13.2. The van der Waals surface area contributed by atoms with Crippen molar-refractivity contribution < 1.29 is 17.6 Å². The Labute approximate surface area is 160 Å². The number of hydrogen-bond donors (Lipinski definition) is 1. The van der Waals surface area contributed by atoms with E-state index in [4.69, 9.17) is 11.6 Å². The maximum absolute atomic E-state index is 13.2. The summed E-state index contributed by atoms with van der Waals surface area (Å²) in [7, 11) is -3.60. The van der Waals surface area contributed by atoms with E-state index in [1.165, 1.54) is 33.8 Å². The Morgan fingerprint density at radius 3 is 2.85 bits per heavy atom. The fraction of sp³-hybridized carbons (Fsp3) is 0.353. The summed E-state index contributed by atoms with van der Waals surface area (Å²) in [5.74, 6) is -0.892. The van der Waals surface area contributed by atoms with E-state index >= 15 is 0 Å². The number of amides is 1. The maximum Gasteiger partial charge on any atom is 0.252 e. The second-order valence-corrected chi connectivity index (χ2v) is 9.55. The summed E-state index contributed by atoms with van der Waals surface area (Å²) < 4.78 is 40.6. The van der Waals surface area contributed by atoms with Crippen LogP contribution in [0.3, 0.4) is 0 Å². The lowest BCUT2D eigenvalue weighted by atomic mass is 10.0. The van der Waals surface area contributed by atoms with Crippen molar-refractivity contribution >= 4 is 44.6 Å². The van der Waals surface area contributed by atoms with E-state index in [1.54, 1.807) is 17.5 Å². The number of hydrogen-bond acceptors (Lipinski definition) is 4. The molecule has 1 unspecified atom stereocenters. The lowest BCUT2D eigenvalue weighted by Crippen LogP contribution is -2.45. The number of sulfonamides is 1. The van der Waals surface area contributed by atoms with Crippen LogP contribution in [0.15, 0.2) is 39.9 Å². The van der Waals surface area contributed by atoms with E-state index in [-0.39, 0.29) is 21.6 Å². The van der Waals surface area contributed by atoms with Crippen LogP contribution in [0.25, 0.3) is 0 Å². The molecule has 9 heteroatoms. The number of carbonyl (C=O) groups excluding carboxylic acids is 1. The van der Waals surface area contributed by atoms with Gasteiger partial charge in [0.25, 0.3) is 10.0 Å². The van der Waals surface area contributed by atoms with Crippen LogP contribution in [0.1, 0.15) is 25.7 Å². The van der Waals surface area contributed by atoms with Gasteiger partial charge in [0.2, 0.25) is 5.91 Å². The zero-order chi connectivity index (χ0) is 18.7. The molecular formula is C17H18ClFN2O3S2.